The van der Waals surface area contributed by atoms with E-state index >= 15 is 0 Å². The Kier molecular flexibility index (Phi) is 4.57. The average Bonchev–Trinajstić information content (AvgIpc) is 2.68. The van der Waals surface area contributed by atoms with Crippen molar-refractivity contribution in [1.82, 2.24) is 9.96 Å². The highest BCUT2D eigenvalue weighted by molar-refractivity contribution is 5.78. The van der Waals surface area contributed by atoms with E-state index in [9.17, 15) is 4.79 Å². The van der Waals surface area contributed by atoms with E-state index < -0.39 is 0 Å². The Morgan fingerprint density at radius 2 is 2.26 bits per heavy atom. The Balaban J connectivity index is 2.19. The van der Waals surface area contributed by atoms with Gasteiger partial charge in [-0.15, -0.1) is 6.58 Å². The van der Waals surface area contributed by atoms with Crippen molar-refractivity contribution in [3.05, 3.63) is 24.3 Å². The van der Waals surface area contributed by atoms with Gasteiger partial charge in [-0.1, -0.05) is 12.2 Å². The molecule has 2 amide bonds. The molecule has 19 heavy (non-hydrogen) atoms. The molecule has 0 aromatic carbocycles. The Labute approximate surface area is 113 Å². The number of nitrogens with zero attached hydrogens (tertiary/aromatic N) is 2. The molecule has 0 radical (unpaired) electrons. The summed E-state index contributed by atoms with van der Waals surface area (Å²) in [4.78, 5) is 19.5. The van der Waals surface area contributed by atoms with E-state index in [-0.39, 0.29) is 18.1 Å². The molecule has 6 nitrogen and oxygen atoms in total. The molecule has 0 N–H and O–H groups in total. The summed E-state index contributed by atoms with van der Waals surface area (Å²) in [6.45, 7) is 5.48. The molecule has 1 fully saturated rings. The predicted molar refractivity (Wildman–Crippen MR) is 69.5 cm³/mol. The number of methoxy groups -OCH3 is 2. The second-order valence-corrected chi connectivity index (χ2v) is 4.56. The maximum atomic E-state index is 12.3. The average molecular weight is 268 g/mol. The molecular formula is C13H20N2O4. The molecule has 2 rings (SSSR count). The molecule has 2 heterocycles. The molecule has 6 heteroatoms. The minimum absolute atomic E-state index is 0.0590. The summed E-state index contributed by atoms with van der Waals surface area (Å²) in [6.07, 6.45) is 3.66. The van der Waals surface area contributed by atoms with Gasteiger partial charge in [0.05, 0.1) is 32.4 Å². The number of amides is 2. The van der Waals surface area contributed by atoms with Crippen LogP contribution in [0.3, 0.4) is 0 Å². The lowest BCUT2D eigenvalue weighted by molar-refractivity contribution is -0.111. The van der Waals surface area contributed by atoms with Crippen LogP contribution in [0.5, 0.6) is 0 Å². The van der Waals surface area contributed by atoms with Crippen molar-refractivity contribution in [3.8, 4) is 0 Å². The summed E-state index contributed by atoms with van der Waals surface area (Å²) in [6, 6.07) is -0.270. The number of hydroxylamine groups is 2. The van der Waals surface area contributed by atoms with Gasteiger partial charge >= 0.3 is 6.03 Å². The van der Waals surface area contributed by atoms with Crippen molar-refractivity contribution in [2.75, 3.05) is 40.6 Å². The second kappa shape index (κ2) is 6.18. The topological polar surface area (TPSA) is 51.2 Å². The smallest absolute Gasteiger partial charge is 0.345 e. The molecule has 0 spiro atoms. The zero-order chi connectivity index (χ0) is 13.8. The van der Waals surface area contributed by atoms with Crippen molar-refractivity contribution in [2.24, 2.45) is 0 Å². The summed E-state index contributed by atoms with van der Waals surface area (Å²) >= 11 is 0. The predicted octanol–water partition coefficient (Wildman–Crippen LogP) is 0.812. The third-order valence-corrected chi connectivity index (χ3v) is 3.30. The third-order valence-electron chi connectivity index (χ3n) is 3.30. The molecule has 1 saturated heterocycles. The van der Waals surface area contributed by atoms with E-state index in [0.717, 1.165) is 5.57 Å². The van der Waals surface area contributed by atoms with Crippen LogP contribution in [0.15, 0.2) is 24.3 Å². The van der Waals surface area contributed by atoms with Crippen LogP contribution >= 0.6 is 0 Å². The zero-order valence-corrected chi connectivity index (χ0v) is 11.4. The van der Waals surface area contributed by atoms with Crippen LogP contribution in [0.2, 0.25) is 0 Å². The third kappa shape index (κ3) is 2.65. The van der Waals surface area contributed by atoms with Crippen molar-refractivity contribution in [3.63, 3.8) is 0 Å². The van der Waals surface area contributed by atoms with Crippen LogP contribution in [0.4, 0.5) is 4.79 Å². The highest BCUT2D eigenvalue weighted by Crippen LogP contribution is 2.30. The molecule has 0 saturated carbocycles. The van der Waals surface area contributed by atoms with E-state index in [0.29, 0.717) is 26.4 Å². The first-order valence-corrected chi connectivity index (χ1v) is 6.25. The summed E-state index contributed by atoms with van der Waals surface area (Å²) < 4.78 is 10.4. The summed E-state index contributed by atoms with van der Waals surface area (Å²) in [7, 11) is 3.27. The summed E-state index contributed by atoms with van der Waals surface area (Å²) in [5.41, 5.74) is 1.05. The largest absolute Gasteiger partial charge is 0.382 e. The fraction of sp³-hybridized carbons (Fsp3) is 0.615. The molecule has 2 atom stereocenters. The van der Waals surface area contributed by atoms with Crippen molar-refractivity contribution >= 4 is 6.03 Å². The fourth-order valence-corrected chi connectivity index (χ4v) is 2.49. The molecule has 2 unspecified atom stereocenters. The van der Waals surface area contributed by atoms with Crippen molar-refractivity contribution < 1.29 is 19.1 Å². The van der Waals surface area contributed by atoms with Gasteiger partial charge in [0, 0.05) is 14.2 Å². The standard InChI is InChI=1S/C13H20N2O4/c1-4-5-19-15-12-7-14(13(15)16)11(9-18-3)6-10(12)8-17-2/h4,6,11-12H,1,5,7-9H2,2-3H3. The monoisotopic (exact) mass is 268 g/mol. The van der Waals surface area contributed by atoms with Crippen molar-refractivity contribution in [1.29, 1.82) is 0 Å². The minimum Gasteiger partial charge on any atom is -0.382 e. The molecule has 0 aromatic rings. The van der Waals surface area contributed by atoms with Gasteiger partial charge < -0.3 is 14.4 Å². The molecule has 0 aliphatic carbocycles. The Bertz CT molecular complexity index is 383. The number of carbonyl (C=O) groups excluding carboxylic acids is 1. The van der Waals surface area contributed by atoms with Crippen LogP contribution in [0.1, 0.15) is 0 Å². The highest BCUT2D eigenvalue weighted by atomic mass is 16.7. The van der Waals surface area contributed by atoms with Gasteiger partial charge in [0.2, 0.25) is 0 Å². The number of ether oxygens (including phenoxy) is 2. The lowest BCUT2D eigenvalue weighted by atomic mass is 10.0. The van der Waals surface area contributed by atoms with E-state index in [1.54, 1.807) is 25.2 Å². The molecule has 2 aliphatic rings. The van der Waals surface area contributed by atoms with Crippen LogP contribution in [0.25, 0.3) is 0 Å². The van der Waals surface area contributed by atoms with Gasteiger partial charge in [-0.05, 0) is 5.57 Å². The van der Waals surface area contributed by atoms with Gasteiger partial charge in [0.15, 0.2) is 0 Å². The van der Waals surface area contributed by atoms with Crippen LogP contribution in [-0.4, -0.2) is 68.7 Å². The molecular weight excluding hydrogens is 248 g/mol. The number of hydrogen-bond acceptors (Lipinski definition) is 4. The first-order valence-electron chi connectivity index (χ1n) is 6.25. The second-order valence-electron chi connectivity index (χ2n) is 4.56. The molecule has 0 aromatic heterocycles. The van der Waals surface area contributed by atoms with Gasteiger partial charge in [0.25, 0.3) is 0 Å². The van der Waals surface area contributed by atoms with E-state index in [1.165, 1.54) is 5.06 Å². The first-order chi connectivity index (χ1) is 9.22. The molecule has 2 bridgehead atoms. The van der Waals surface area contributed by atoms with E-state index in [2.05, 4.69) is 6.58 Å². The Morgan fingerprint density at radius 3 is 2.89 bits per heavy atom. The number of rotatable bonds is 7. The van der Waals surface area contributed by atoms with E-state index in [4.69, 9.17) is 14.3 Å². The Hall–Kier alpha value is -1.37. The summed E-state index contributed by atoms with van der Waals surface area (Å²) in [5, 5.41) is 1.42. The molecule has 106 valence electrons. The normalized spacial score (nSPS) is 25.8. The highest BCUT2D eigenvalue weighted by Gasteiger charge is 2.46. The van der Waals surface area contributed by atoms with Crippen LogP contribution in [-0.2, 0) is 14.3 Å². The number of hydrogen-bond donors (Lipinski definition) is 0. The fourth-order valence-electron chi connectivity index (χ4n) is 2.49. The Morgan fingerprint density at radius 1 is 1.47 bits per heavy atom. The quantitative estimate of drug-likeness (QED) is 0.641. The van der Waals surface area contributed by atoms with Gasteiger partial charge in [-0.2, -0.15) is 5.06 Å². The maximum absolute atomic E-state index is 12.3. The number of urea groups is 1. The first kappa shape index (κ1) is 14.0. The SMILES string of the molecule is C=CCON1C(=O)N2CC1C(COC)=CC2COC. The van der Waals surface area contributed by atoms with Gasteiger partial charge in [-0.25, -0.2) is 4.79 Å². The zero-order valence-electron chi connectivity index (χ0n) is 11.4. The van der Waals surface area contributed by atoms with Crippen LogP contribution < -0.4 is 0 Å². The lowest BCUT2D eigenvalue weighted by Gasteiger charge is -2.28. The van der Waals surface area contributed by atoms with E-state index in [1.807, 2.05) is 6.08 Å². The number of fused-ring (bicyclic) bond motifs is 2. The van der Waals surface area contributed by atoms with Crippen molar-refractivity contribution in [2.45, 2.75) is 12.1 Å². The van der Waals surface area contributed by atoms with Gasteiger partial charge in [0.1, 0.15) is 6.04 Å². The van der Waals surface area contributed by atoms with Crippen LogP contribution in [0, 0.1) is 0 Å². The van der Waals surface area contributed by atoms with Gasteiger partial charge in [-0.3, -0.25) is 4.84 Å². The molecule has 2 aliphatic heterocycles. The number of carbonyl (C=O) groups is 1. The minimum atomic E-state index is -0.128. The summed E-state index contributed by atoms with van der Waals surface area (Å²) in [5.74, 6) is 0. The lowest BCUT2D eigenvalue weighted by Crippen LogP contribution is -2.41. The maximum Gasteiger partial charge on any atom is 0.345 e.